The van der Waals surface area contributed by atoms with E-state index in [2.05, 4.69) is 51.2 Å². The quantitative estimate of drug-likeness (QED) is 0.802. The summed E-state index contributed by atoms with van der Waals surface area (Å²) in [4.78, 5) is 0. The van der Waals surface area contributed by atoms with Crippen LogP contribution in [0.25, 0.3) is 0 Å². The van der Waals surface area contributed by atoms with E-state index in [-0.39, 0.29) is 30.7 Å². The number of fused-ring (bicyclic) bond motifs is 1. The monoisotopic (exact) mass is 281 g/mol. The lowest BCUT2D eigenvalue weighted by atomic mass is 9.75. The first-order valence-electron chi connectivity index (χ1n) is 6.62. The molecule has 104 valence electrons. The van der Waals surface area contributed by atoms with Gasteiger partial charge in [-0.3, -0.25) is 0 Å². The van der Waals surface area contributed by atoms with Crippen molar-refractivity contribution in [1.29, 1.82) is 0 Å². The molecule has 0 aliphatic carbocycles. The van der Waals surface area contributed by atoms with Crippen molar-refractivity contribution in [2.24, 2.45) is 0 Å². The van der Waals surface area contributed by atoms with Gasteiger partial charge in [0.15, 0.2) is 0 Å². The highest BCUT2D eigenvalue weighted by atomic mass is 35.5. The van der Waals surface area contributed by atoms with E-state index in [1.165, 1.54) is 16.7 Å². The third-order valence-electron chi connectivity index (χ3n) is 4.41. The zero-order chi connectivity index (χ0) is 13.0. The Kier molecular flexibility index (Phi) is 3.63. The van der Waals surface area contributed by atoms with Crippen LogP contribution in [-0.2, 0) is 15.7 Å². The molecule has 1 fully saturated rings. The molecule has 0 unspecified atom stereocenters. The molecule has 0 bridgehead atoms. The van der Waals surface area contributed by atoms with Crippen LogP contribution in [0.4, 0.5) is 5.69 Å². The average Bonchev–Trinajstić information content (AvgIpc) is 2.81. The molecule has 1 aromatic rings. The SMILES string of the molecule is CC1(C)OB(c2cccc3c2CCN3)OC1(C)C.Cl. The molecule has 0 atom stereocenters. The zero-order valence-corrected chi connectivity index (χ0v) is 12.8. The van der Waals surface area contributed by atoms with Crippen molar-refractivity contribution in [3.63, 3.8) is 0 Å². The van der Waals surface area contributed by atoms with Gasteiger partial charge in [0.05, 0.1) is 11.2 Å². The normalized spacial score (nSPS) is 22.6. The van der Waals surface area contributed by atoms with E-state index in [9.17, 15) is 0 Å². The first-order chi connectivity index (χ1) is 8.41. The Bertz CT molecular complexity index is 474. The fourth-order valence-electron chi connectivity index (χ4n) is 2.56. The van der Waals surface area contributed by atoms with Crippen molar-refractivity contribution in [3.05, 3.63) is 23.8 Å². The Morgan fingerprint density at radius 2 is 1.74 bits per heavy atom. The molecule has 3 rings (SSSR count). The molecule has 0 saturated carbocycles. The number of hydrogen-bond acceptors (Lipinski definition) is 3. The molecule has 0 aromatic heterocycles. The summed E-state index contributed by atoms with van der Waals surface area (Å²) in [6, 6.07) is 6.31. The second-order valence-corrected chi connectivity index (χ2v) is 6.14. The Hall–Kier alpha value is -0.705. The Balaban J connectivity index is 0.00000133. The number of hydrogen-bond donors (Lipinski definition) is 1. The van der Waals surface area contributed by atoms with Gasteiger partial charge in [0.2, 0.25) is 0 Å². The summed E-state index contributed by atoms with van der Waals surface area (Å²) in [6.07, 6.45) is 1.05. The molecule has 2 aliphatic heterocycles. The van der Waals surface area contributed by atoms with Gasteiger partial charge < -0.3 is 14.6 Å². The number of rotatable bonds is 1. The summed E-state index contributed by atoms with van der Waals surface area (Å²) in [7, 11) is -0.246. The van der Waals surface area contributed by atoms with Crippen LogP contribution in [-0.4, -0.2) is 24.9 Å². The van der Waals surface area contributed by atoms with Gasteiger partial charge in [-0.25, -0.2) is 0 Å². The second-order valence-electron chi connectivity index (χ2n) is 6.14. The first-order valence-corrected chi connectivity index (χ1v) is 6.62. The van der Waals surface area contributed by atoms with Crippen molar-refractivity contribution in [2.75, 3.05) is 11.9 Å². The lowest BCUT2D eigenvalue weighted by Gasteiger charge is -2.32. The van der Waals surface area contributed by atoms with Gasteiger partial charge >= 0.3 is 7.12 Å². The predicted molar refractivity (Wildman–Crippen MR) is 81.6 cm³/mol. The molecule has 1 aromatic carbocycles. The highest BCUT2D eigenvalue weighted by molar-refractivity contribution is 6.62. The van der Waals surface area contributed by atoms with Crippen molar-refractivity contribution in [1.82, 2.24) is 0 Å². The maximum atomic E-state index is 6.13. The Labute approximate surface area is 121 Å². The molecule has 1 saturated heterocycles. The summed E-state index contributed by atoms with van der Waals surface area (Å²) in [5.74, 6) is 0. The number of benzene rings is 1. The molecule has 5 heteroatoms. The van der Waals surface area contributed by atoms with Crippen LogP contribution in [0.3, 0.4) is 0 Å². The van der Waals surface area contributed by atoms with E-state index in [4.69, 9.17) is 9.31 Å². The van der Waals surface area contributed by atoms with E-state index in [0.717, 1.165) is 13.0 Å². The molecule has 2 aliphatic rings. The standard InChI is InChI=1S/C14H20BNO2.ClH/c1-13(2)14(3,4)18-15(17-13)11-6-5-7-12-10(11)8-9-16-12;/h5-7,16H,8-9H2,1-4H3;1H. The van der Waals surface area contributed by atoms with Gasteiger partial charge in [-0.1, -0.05) is 12.1 Å². The number of halogens is 1. The lowest BCUT2D eigenvalue weighted by Crippen LogP contribution is -2.41. The summed E-state index contributed by atoms with van der Waals surface area (Å²) in [5, 5.41) is 3.39. The summed E-state index contributed by atoms with van der Waals surface area (Å²) >= 11 is 0. The van der Waals surface area contributed by atoms with Gasteiger partial charge in [-0.2, -0.15) is 0 Å². The number of nitrogens with one attached hydrogen (secondary N) is 1. The molecule has 0 amide bonds. The fraction of sp³-hybridized carbons (Fsp3) is 0.571. The highest BCUT2D eigenvalue weighted by Gasteiger charge is 2.52. The van der Waals surface area contributed by atoms with Crippen molar-refractivity contribution in [2.45, 2.75) is 45.3 Å². The molecule has 19 heavy (non-hydrogen) atoms. The van der Waals surface area contributed by atoms with Gasteiger partial charge in [0, 0.05) is 12.2 Å². The average molecular weight is 282 g/mol. The maximum Gasteiger partial charge on any atom is 0.495 e. The first kappa shape index (κ1) is 14.7. The molecule has 0 radical (unpaired) electrons. The van der Waals surface area contributed by atoms with Gasteiger partial charge in [-0.15, -0.1) is 12.4 Å². The molecular formula is C14H21BClNO2. The van der Waals surface area contributed by atoms with E-state index in [1.54, 1.807) is 0 Å². The summed E-state index contributed by atoms with van der Waals surface area (Å²) < 4.78 is 12.3. The van der Waals surface area contributed by atoms with Crippen LogP contribution in [0.2, 0.25) is 0 Å². The minimum Gasteiger partial charge on any atom is -0.399 e. The van der Waals surface area contributed by atoms with E-state index in [1.807, 2.05) is 0 Å². The van der Waals surface area contributed by atoms with Gasteiger partial charge in [0.1, 0.15) is 0 Å². The van der Waals surface area contributed by atoms with Crippen LogP contribution in [0, 0.1) is 0 Å². The van der Waals surface area contributed by atoms with Crippen molar-refractivity contribution >= 4 is 30.7 Å². The molecule has 3 nitrogen and oxygen atoms in total. The third kappa shape index (κ3) is 2.26. The van der Waals surface area contributed by atoms with Crippen molar-refractivity contribution < 1.29 is 9.31 Å². The Morgan fingerprint density at radius 3 is 2.37 bits per heavy atom. The molecular weight excluding hydrogens is 260 g/mol. The molecule has 1 N–H and O–H groups in total. The van der Waals surface area contributed by atoms with E-state index >= 15 is 0 Å². The summed E-state index contributed by atoms with van der Waals surface area (Å²) in [5.41, 5.74) is 3.20. The van der Waals surface area contributed by atoms with Crippen LogP contribution in [0.1, 0.15) is 33.3 Å². The highest BCUT2D eigenvalue weighted by Crippen LogP contribution is 2.37. The predicted octanol–water partition coefficient (Wildman–Crippen LogP) is 2.38. The van der Waals surface area contributed by atoms with Gasteiger partial charge in [0.25, 0.3) is 0 Å². The fourth-order valence-corrected chi connectivity index (χ4v) is 2.56. The van der Waals surface area contributed by atoms with E-state index in [0.29, 0.717) is 0 Å². The van der Waals surface area contributed by atoms with Crippen LogP contribution >= 0.6 is 12.4 Å². The number of anilines is 1. The minimum absolute atomic E-state index is 0. The smallest absolute Gasteiger partial charge is 0.399 e. The summed E-state index contributed by atoms with van der Waals surface area (Å²) in [6.45, 7) is 9.37. The third-order valence-corrected chi connectivity index (χ3v) is 4.41. The maximum absolute atomic E-state index is 6.13. The van der Waals surface area contributed by atoms with Gasteiger partial charge in [-0.05, 0) is 51.2 Å². The minimum atomic E-state index is -0.271. The molecule has 2 heterocycles. The Morgan fingerprint density at radius 1 is 1.11 bits per heavy atom. The van der Waals surface area contributed by atoms with Crippen LogP contribution in [0.5, 0.6) is 0 Å². The van der Waals surface area contributed by atoms with Crippen molar-refractivity contribution in [3.8, 4) is 0 Å². The van der Waals surface area contributed by atoms with Crippen LogP contribution < -0.4 is 10.8 Å². The van der Waals surface area contributed by atoms with Crippen LogP contribution in [0.15, 0.2) is 18.2 Å². The largest absolute Gasteiger partial charge is 0.495 e. The van der Waals surface area contributed by atoms with E-state index < -0.39 is 0 Å². The zero-order valence-electron chi connectivity index (χ0n) is 11.9. The topological polar surface area (TPSA) is 30.5 Å². The molecule has 0 spiro atoms. The second kappa shape index (κ2) is 4.69. The lowest BCUT2D eigenvalue weighted by molar-refractivity contribution is 0.00578.